The topological polar surface area (TPSA) is 50.2 Å². The monoisotopic (exact) mass is 338 g/mol. The average Bonchev–Trinajstić information content (AvgIpc) is 3.25. The van der Waals surface area contributed by atoms with Gasteiger partial charge in [-0.2, -0.15) is 5.10 Å². The number of fused-ring (bicyclic) bond motifs is 2. The van der Waals surface area contributed by atoms with Gasteiger partial charge >= 0.3 is 0 Å². The van der Waals surface area contributed by atoms with Gasteiger partial charge in [0.1, 0.15) is 0 Å². The highest BCUT2D eigenvalue weighted by Gasteiger charge is 2.31. The van der Waals surface area contributed by atoms with Crippen molar-refractivity contribution in [2.45, 2.75) is 58.2 Å². The predicted octanol–water partition coefficient (Wildman–Crippen LogP) is 2.85. The summed E-state index contributed by atoms with van der Waals surface area (Å²) in [7, 11) is 0. The van der Waals surface area contributed by atoms with Crippen LogP contribution >= 0.6 is 0 Å². The second-order valence-corrected chi connectivity index (χ2v) is 7.06. The summed E-state index contributed by atoms with van der Waals surface area (Å²) in [6, 6.07) is 8.25. The van der Waals surface area contributed by atoms with Crippen molar-refractivity contribution >= 4 is 11.6 Å². The Labute approximate surface area is 149 Å². The molecule has 0 saturated heterocycles. The third-order valence-corrected chi connectivity index (χ3v) is 5.54. The summed E-state index contributed by atoms with van der Waals surface area (Å²) in [6.45, 7) is 5.80. The van der Waals surface area contributed by atoms with E-state index in [-0.39, 0.29) is 18.0 Å². The Kier molecular flexibility index (Phi) is 4.34. The molecule has 0 fully saturated rings. The number of hydrogen-bond acceptors (Lipinski definition) is 3. The van der Waals surface area contributed by atoms with Gasteiger partial charge in [0.15, 0.2) is 0 Å². The third-order valence-electron chi connectivity index (χ3n) is 5.54. The number of benzene rings is 1. The highest BCUT2D eigenvalue weighted by molar-refractivity contribution is 5.98. The zero-order valence-corrected chi connectivity index (χ0v) is 15.0. The Morgan fingerprint density at radius 1 is 1.36 bits per heavy atom. The maximum Gasteiger partial charge on any atom is 0.243 e. The lowest BCUT2D eigenvalue weighted by atomic mass is 9.92. The molecule has 2 atom stereocenters. The second kappa shape index (κ2) is 6.64. The fraction of sp³-hybridized carbons (Fsp3) is 0.500. The first-order valence-electron chi connectivity index (χ1n) is 9.39. The van der Waals surface area contributed by atoms with Crippen LogP contribution in [0.1, 0.15) is 49.6 Å². The van der Waals surface area contributed by atoms with Gasteiger partial charge in [0.25, 0.3) is 0 Å². The first-order chi connectivity index (χ1) is 12.2. The minimum absolute atomic E-state index is 0.167. The molecule has 0 radical (unpaired) electrons. The van der Waals surface area contributed by atoms with E-state index in [0.29, 0.717) is 0 Å². The molecule has 0 spiro atoms. The van der Waals surface area contributed by atoms with Gasteiger partial charge in [0, 0.05) is 36.1 Å². The molecular formula is C20H26N4O. The van der Waals surface area contributed by atoms with Crippen LogP contribution in [0.25, 0.3) is 0 Å². The number of carbonyl (C=O) groups excluding carboxylic acids is 1. The number of anilines is 1. The molecule has 1 aromatic heterocycles. The van der Waals surface area contributed by atoms with Crippen molar-refractivity contribution < 1.29 is 4.79 Å². The summed E-state index contributed by atoms with van der Waals surface area (Å²) in [5.74, 6) is 0.167. The molecule has 0 saturated carbocycles. The molecule has 4 rings (SSSR count). The molecule has 1 aromatic carbocycles. The van der Waals surface area contributed by atoms with Crippen molar-refractivity contribution in [2.75, 3.05) is 11.4 Å². The van der Waals surface area contributed by atoms with E-state index in [1.165, 1.54) is 16.8 Å². The number of aromatic nitrogens is 2. The molecular weight excluding hydrogens is 312 g/mol. The van der Waals surface area contributed by atoms with Crippen LogP contribution < -0.4 is 10.2 Å². The van der Waals surface area contributed by atoms with Crippen molar-refractivity contribution in [1.29, 1.82) is 0 Å². The Morgan fingerprint density at radius 2 is 2.20 bits per heavy atom. The molecule has 2 aromatic rings. The summed E-state index contributed by atoms with van der Waals surface area (Å²) in [4.78, 5) is 14.9. The number of para-hydroxylation sites is 1. The van der Waals surface area contributed by atoms with Crippen molar-refractivity contribution in [3.63, 3.8) is 0 Å². The van der Waals surface area contributed by atoms with Gasteiger partial charge < -0.3 is 4.90 Å². The lowest BCUT2D eigenvalue weighted by molar-refractivity contribution is -0.120. The molecule has 0 bridgehead atoms. The van der Waals surface area contributed by atoms with Crippen LogP contribution in [-0.2, 0) is 24.2 Å². The molecule has 0 unspecified atom stereocenters. The summed E-state index contributed by atoms with van der Waals surface area (Å²) in [5, 5.41) is 8.08. The van der Waals surface area contributed by atoms with Crippen molar-refractivity contribution in [3.8, 4) is 0 Å². The summed E-state index contributed by atoms with van der Waals surface area (Å²) >= 11 is 0. The molecule has 1 N–H and O–H groups in total. The maximum atomic E-state index is 13.0. The molecule has 5 nitrogen and oxygen atoms in total. The molecule has 1 aliphatic heterocycles. The largest absolute Gasteiger partial charge is 0.310 e. The molecule has 132 valence electrons. The average molecular weight is 338 g/mol. The van der Waals surface area contributed by atoms with Crippen LogP contribution in [0.15, 0.2) is 30.5 Å². The quantitative estimate of drug-likeness (QED) is 0.933. The highest BCUT2D eigenvalue weighted by Crippen LogP contribution is 2.31. The molecule has 1 amide bonds. The van der Waals surface area contributed by atoms with Crippen LogP contribution in [-0.4, -0.2) is 28.3 Å². The van der Waals surface area contributed by atoms with E-state index in [2.05, 4.69) is 34.2 Å². The van der Waals surface area contributed by atoms with E-state index < -0.39 is 0 Å². The minimum Gasteiger partial charge on any atom is -0.310 e. The molecule has 5 heteroatoms. The number of nitrogens with zero attached hydrogens (tertiary/aromatic N) is 3. The number of hydrogen-bond donors (Lipinski definition) is 1. The fourth-order valence-corrected chi connectivity index (χ4v) is 4.24. The van der Waals surface area contributed by atoms with Crippen molar-refractivity contribution in [3.05, 3.63) is 47.3 Å². The summed E-state index contributed by atoms with van der Waals surface area (Å²) in [5.41, 5.74) is 4.95. The lowest BCUT2D eigenvalue weighted by Gasteiger charge is -2.29. The summed E-state index contributed by atoms with van der Waals surface area (Å²) < 4.78 is 2.09. The van der Waals surface area contributed by atoms with Crippen LogP contribution in [0.4, 0.5) is 5.69 Å². The Balaban J connectivity index is 1.49. The maximum absolute atomic E-state index is 13.0. The van der Waals surface area contributed by atoms with Gasteiger partial charge in [-0.25, -0.2) is 0 Å². The minimum atomic E-state index is -0.202. The number of amides is 1. The van der Waals surface area contributed by atoms with E-state index in [9.17, 15) is 4.79 Å². The van der Waals surface area contributed by atoms with Gasteiger partial charge in [0.2, 0.25) is 5.91 Å². The molecule has 1 aliphatic carbocycles. The zero-order valence-electron chi connectivity index (χ0n) is 15.0. The SMILES string of the molecule is CCn1ncc2c1CCC[C@H]2N[C@@H](C)C(=O)N1CCc2ccccc21. The number of nitrogens with one attached hydrogen (secondary N) is 1. The Bertz CT molecular complexity index is 782. The van der Waals surface area contributed by atoms with Gasteiger partial charge in [-0.3, -0.25) is 14.8 Å². The zero-order chi connectivity index (χ0) is 17.4. The third kappa shape index (κ3) is 2.86. The standard InChI is InChI=1S/C20H26N4O/c1-3-24-19-10-6-8-17(16(19)13-21-24)22-14(2)20(25)23-12-11-15-7-4-5-9-18(15)23/h4-5,7,9,13-14,17,22H,3,6,8,10-12H2,1-2H3/t14-,17+/m0/s1. The highest BCUT2D eigenvalue weighted by atomic mass is 16.2. The van der Waals surface area contributed by atoms with E-state index in [1.807, 2.05) is 30.2 Å². The summed E-state index contributed by atoms with van der Waals surface area (Å²) in [6.07, 6.45) is 6.23. The smallest absolute Gasteiger partial charge is 0.243 e. The van der Waals surface area contributed by atoms with Crippen molar-refractivity contribution in [1.82, 2.24) is 15.1 Å². The van der Waals surface area contributed by atoms with Crippen LogP contribution in [0.5, 0.6) is 0 Å². The van der Waals surface area contributed by atoms with E-state index in [1.54, 1.807) is 0 Å². The van der Waals surface area contributed by atoms with Gasteiger partial charge in [-0.1, -0.05) is 18.2 Å². The van der Waals surface area contributed by atoms with Gasteiger partial charge in [-0.15, -0.1) is 0 Å². The van der Waals surface area contributed by atoms with Crippen LogP contribution in [0.2, 0.25) is 0 Å². The Hall–Kier alpha value is -2.14. The fourth-order valence-electron chi connectivity index (χ4n) is 4.24. The normalized spacial score (nSPS) is 20.2. The number of aryl methyl sites for hydroxylation is 1. The van der Waals surface area contributed by atoms with Gasteiger partial charge in [0.05, 0.1) is 12.2 Å². The molecule has 25 heavy (non-hydrogen) atoms. The van der Waals surface area contributed by atoms with E-state index in [0.717, 1.165) is 44.5 Å². The van der Waals surface area contributed by atoms with E-state index >= 15 is 0 Å². The van der Waals surface area contributed by atoms with Crippen LogP contribution in [0.3, 0.4) is 0 Å². The van der Waals surface area contributed by atoms with Gasteiger partial charge in [-0.05, 0) is 51.2 Å². The first-order valence-corrected chi connectivity index (χ1v) is 9.39. The number of rotatable bonds is 4. The van der Waals surface area contributed by atoms with E-state index in [4.69, 9.17) is 0 Å². The molecule has 2 aliphatic rings. The van der Waals surface area contributed by atoms with Crippen molar-refractivity contribution in [2.24, 2.45) is 0 Å². The van der Waals surface area contributed by atoms with Crippen LogP contribution in [0, 0.1) is 0 Å². The molecule has 2 heterocycles. The predicted molar refractivity (Wildman–Crippen MR) is 98.7 cm³/mol. The Morgan fingerprint density at radius 3 is 3.04 bits per heavy atom. The first kappa shape index (κ1) is 16.3. The lowest BCUT2D eigenvalue weighted by Crippen LogP contribution is -2.46. The second-order valence-electron chi connectivity index (χ2n) is 7.06. The number of carbonyl (C=O) groups is 1.